The Hall–Kier alpha value is -0.940. The average molecular weight is 204 g/mol. The van der Waals surface area contributed by atoms with E-state index in [0.717, 1.165) is 5.56 Å². The summed E-state index contributed by atoms with van der Waals surface area (Å²) in [5.74, 6) is 0.661. The van der Waals surface area contributed by atoms with Crippen molar-refractivity contribution in [2.75, 3.05) is 13.6 Å². The van der Waals surface area contributed by atoms with Gasteiger partial charge in [-0.1, -0.05) is 0 Å². The molecule has 0 aromatic carbocycles. The summed E-state index contributed by atoms with van der Waals surface area (Å²) in [6.45, 7) is 0.533. The molecule has 0 amide bonds. The normalized spacial score (nSPS) is 11.6. The second-order valence-electron chi connectivity index (χ2n) is 3.21. The van der Waals surface area contributed by atoms with Crippen molar-refractivity contribution in [3.63, 3.8) is 0 Å². The van der Waals surface area contributed by atoms with Gasteiger partial charge in [0.1, 0.15) is 5.76 Å². The van der Waals surface area contributed by atoms with E-state index in [0.29, 0.717) is 18.8 Å². The van der Waals surface area contributed by atoms with E-state index in [4.69, 9.17) is 10.2 Å². The summed E-state index contributed by atoms with van der Waals surface area (Å²) in [5.41, 5.74) is 6.26. The van der Waals surface area contributed by atoms with Gasteiger partial charge >= 0.3 is 0 Å². The highest BCUT2D eigenvalue weighted by Gasteiger charge is 2.09. The van der Waals surface area contributed by atoms with Crippen LogP contribution in [-0.4, -0.2) is 24.9 Å². The first kappa shape index (κ1) is 11.1. The molecule has 1 rings (SSSR count). The van der Waals surface area contributed by atoms with Crippen LogP contribution >= 0.6 is 0 Å². The van der Waals surface area contributed by atoms with Gasteiger partial charge in [-0.25, -0.2) is 8.78 Å². The van der Waals surface area contributed by atoms with Crippen LogP contribution in [0.25, 0.3) is 0 Å². The van der Waals surface area contributed by atoms with Crippen molar-refractivity contribution in [2.45, 2.75) is 19.5 Å². The number of hydrogen-bond donors (Lipinski definition) is 1. The summed E-state index contributed by atoms with van der Waals surface area (Å²) < 4.78 is 29.1. The van der Waals surface area contributed by atoms with Gasteiger partial charge in [0, 0.05) is 12.1 Å². The van der Waals surface area contributed by atoms with Crippen molar-refractivity contribution < 1.29 is 13.2 Å². The number of alkyl halides is 2. The molecule has 0 aliphatic carbocycles. The van der Waals surface area contributed by atoms with Crippen molar-refractivity contribution in [1.29, 1.82) is 0 Å². The monoisotopic (exact) mass is 204 g/mol. The molecule has 0 aliphatic rings. The molecular formula is C9H14F2N2O. The Morgan fingerprint density at radius 2 is 2.29 bits per heavy atom. The van der Waals surface area contributed by atoms with Gasteiger partial charge in [-0.3, -0.25) is 4.90 Å². The fourth-order valence-corrected chi connectivity index (χ4v) is 1.18. The molecule has 0 fully saturated rings. The molecule has 0 bridgehead atoms. The highest BCUT2D eigenvalue weighted by Crippen LogP contribution is 2.09. The zero-order valence-corrected chi connectivity index (χ0v) is 8.04. The topological polar surface area (TPSA) is 42.4 Å². The zero-order chi connectivity index (χ0) is 10.6. The van der Waals surface area contributed by atoms with Gasteiger partial charge in [0.2, 0.25) is 0 Å². The number of furan rings is 1. The van der Waals surface area contributed by atoms with Gasteiger partial charge < -0.3 is 10.2 Å². The lowest BCUT2D eigenvalue weighted by Crippen LogP contribution is -2.23. The maximum atomic E-state index is 12.0. The number of nitrogens with two attached hydrogens (primary N) is 1. The summed E-state index contributed by atoms with van der Waals surface area (Å²) >= 11 is 0. The van der Waals surface area contributed by atoms with Crippen LogP contribution in [0.15, 0.2) is 16.7 Å². The van der Waals surface area contributed by atoms with E-state index in [-0.39, 0.29) is 6.54 Å². The smallest absolute Gasteiger partial charge is 0.251 e. The first-order chi connectivity index (χ1) is 6.61. The van der Waals surface area contributed by atoms with Crippen LogP contribution in [-0.2, 0) is 13.1 Å². The molecule has 3 nitrogen and oxygen atoms in total. The first-order valence-corrected chi connectivity index (χ1v) is 4.35. The molecule has 5 heteroatoms. The zero-order valence-electron chi connectivity index (χ0n) is 8.04. The Balaban J connectivity index is 2.43. The minimum atomic E-state index is -2.32. The summed E-state index contributed by atoms with van der Waals surface area (Å²) in [6.07, 6.45) is -0.769. The van der Waals surface area contributed by atoms with Crippen LogP contribution in [0.3, 0.4) is 0 Å². The van der Waals surface area contributed by atoms with Crippen molar-refractivity contribution in [3.8, 4) is 0 Å². The Morgan fingerprint density at radius 3 is 2.79 bits per heavy atom. The SMILES string of the molecule is CN(Cc1cc(CN)co1)CC(F)F. The fraction of sp³-hybridized carbons (Fsp3) is 0.556. The fourth-order valence-electron chi connectivity index (χ4n) is 1.18. The van der Waals surface area contributed by atoms with E-state index >= 15 is 0 Å². The molecule has 0 radical (unpaired) electrons. The predicted molar refractivity (Wildman–Crippen MR) is 48.9 cm³/mol. The summed E-state index contributed by atoms with van der Waals surface area (Å²) in [7, 11) is 1.62. The van der Waals surface area contributed by atoms with Gasteiger partial charge in [0.05, 0.1) is 19.4 Å². The molecule has 0 spiro atoms. The van der Waals surface area contributed by atoms with E-state index in [1.165, 1.54) is 4.90 Å². The first-order valence-electron chi connectivity index (χ1n) is 4.35. The summed E-state index contributed by atoms with van der Waals surface area (Å²) in [4.78, 5) is 1.50. The largest absolute Gasteiger partial charge is 0.468 e. The van der Waals surface area contributed by atoms with Crippen LogP contribution in [0.2, 0.25) is 0 Å². The molecular weight excluding hydrogens is 190 g/mol. The number of hydrogen-bond acceptors (Lipinski definition) is 3. The highest BCUT2D eigenvalue weighted by molar-refractivity contribution is 5.12. The predicted octanol–water partition coefficient (Wildman–Crippen LogP) is 1.44. The second kappa shape index (κ2) is 5.07. The van der Waals surface area contributed by atoms with Crippen molar-refractivity contribution in [3.05, 3.63) is 23.7 Å². The van der Waals surface area contributed by atoms with Crippen molar-refractivity contribution in [1.82, 2.24) is 4.90 Å². The standard InChI is InChI=1S/C9H14F2N2O/c1-13(5-9(10)11)4-8-2-7(3-12)6-14-8/h2,6,9H,3-5,12H2,1H3. The van der Waals surface area contributed by atoms with Crippen LogP contribution < -0.4 is 5.73 Å². The lowest BCUT2D eigenvalue weighted by atomic mass is 10.3. The molecule has 0 saturated heterocycles. The third kappa shape index (κ3) is 3.43. The number of halogens is 2. The van der Waals surface area contributed by atoms with E-state index < -0.39 is 6.43 Å². The molecule has 1 aromatic heterocycles. The minimum Gasteiger partial charge on any atom is -0.468 e. The number of rotatable bonds is 5. The van der Waals surface area contributed by atoms with Gasteiger partial charge in [-0.05, 0) is 13.1 Å². The van der Waals surface area contributed by atoms with E-state index in [1.807, 2.05) is 0 Å². The average Bonchev–Trinajstić information content (AvgIpc) is 2.50. The van der Waals surface area contributed by atoms with Crippen LogP contribution in [0.1, 0.15) is 11.3 Å². The number of nitrogens with zero attached hydrogens (tertiary/aromatic N) is 1. The Labute approximate surface area is 81.5 Å². The van der Waals surface area contributed by atoms with Crippen LogP contribution in [0, 0.1) is 0 Å². The molecule has 0 atom stereocenters. The molecule has 80 valence electrons. The summed E-state index contributed by atoms with van der Waals surface area (Å²) in [6, 6.07) is 1.78. The molecule has 1 aromatic rings. The van der Waals surface area contributed by atoms with E-state index in [1.54, 1.807) is 19.4 Å². The highest BCUT2D eigenvalue weighted by atomic mass is 19.3. The molecule has 0 unspecified atom stereocenters. The van der Waals surface area contributed by atoms with Crippen LogP contribution in [0.5, 0.6) is 0 Å². The lowest BCUT2D eigenvalue weighted by Gasteiger charge is -2.13. The van der Waals surface area contributed by atoms with Gasteiger partial charge in [0.15, 0.2) is 0 Å². The van der Waals surface area contributed by atoms with Crippen molar-refractivity contribution in [2.24, 2.45) is 5.73 Å². The van der Waals surface area contributed by atoms with Crippen LogP contribution in [0.4, 0.5) is 8.78 Å². The third-order valence-corrected chi connectivity index (χ3v) is 1.82. The quantitative estimate of drug-likeness (QED) is 0.789. The second-order valence-corrected chi connectivity index (χ2v) is 3.21. The van der Waals surface area contributed by atoms with Gasteiger partial charge in [-0.15, -0.1) is 0 Å². The molecule has 14 heavy (non-hydrogen) atoms. The Kier molecular flexibility index (Phi) is 4.03. The Morgan fingerprint density at radius 1 is 1.57 bits per heavy atom. The Bertz CT molecular complexity index is 276. The van der Waals surface area contributed by atoms with Gasteiger partial charge in [-0.2, -0.15) is 0 Å². The minimum absolute atomic E-state index is 0.251. The maximum absolute atomic E-state index is 12.0. The maximum Gasteiger partial charge on any atom is 0.251 e. The molecule has 2 N–H and O–H groups in total. The molecule has 0 aliphatic heterocycles. The van der Waals surface area contributed by atoms with E-state index in [2.05, 4.69) is 0 Å². The van der Waals surface area contributed by atoms with E-state index in [9.17, 15) is 8.78 Å². The summed E-state index contributed by atoms with van der Waals surface area (Å²) in [5, 5.41) is 0. The molecule has 1 heterocycles. The molecule has 0 saturated carbocycles. The van der Waals surface area contributed by atoms with Crippen molar-refractivity contribution >= 4 is 0 Å². The lowest BCUT2D eigenvalue weighted by molar-refractivity contribution is 0.0946. The van der Waals surface area contributed by atoms with Gasteiger partial charge in [0.25, 0.3) is 6.43 Å². The third-order valence-electron chi connectivity index (χ3n) is 1.82.